The number of alkyl halides is 3. The van der Waals surface area contributed by atoms with Gasteiger partial charge in [0.25, 0.3) is 20.0 Å². The van der Waals surface area contributed by atoms with Crippen molar-refractivity contribution in [1.82, 2.24) is 0 Å². The summed E-state index contributed by atoms with van der Waals surface area (Å²) in [6.45, 7) is 0. The third kappa shape index (κ3) is 12.3. The van der Waals surface area contributed by atoms with E-state index in [1.165, 1.54) is 24.3 Å². The Kier molecular flexibility index (Phi) is 14.1. The van der Waals surface area contributed by atoms with Gasteiger partial charge in [-0.1, -0.05) is 60.7 Å². The van der Waals surface area contributed by atoms with E-state index < -0.39 is 43.7 Å². The number of rotatable bonds is 14. The van der Waals surface area contributed by atoms with Crippen molar-refractivity contribution in [3.05, 3.63) is 190 Å². The first kappa shape index (κ1) is 44.1. The van der Waals surface area contributed by atoms with Gasteiger partial charge in [0.15, 0.2) is 0 Å². The smallest absolute Gasteiger partial charge is 0.416 e. The lowest BCUT2D eigenvalue weighted by atomic mass is 10.0. The van der Waals surface area contributed by atoms with E-state index in [0.29, 0.717) is 18.5 Å². The Morgan fingerprint density at radius 3 is 1.27 bits per heavy atom. The van der Waals surface area contributed by atoms with Crippen molar-refractivity contribution >= 4 is 43.4 Å². The van der Waals surface area contributed by atoms with Crippen LogP contribution in [0.25, 0.3) is 0 Å². The molecule has 16 heteroatoms. The number of carboxylic acids is 2. The fraction of sp³-hybridized carbons (Fsp3) is 0.114. The molecule has 0 aliphatic carbocycles. The van der Waals surface area contributed by atoms with Crippen LogP contribution >= 0.6 is 0 Å². The maximum Gasteiger partial charge on any atom is 0.416 e. The second-order valence-electron chi connectivity index (χ2n) is 13.2. The Hall–Kier alpha value is -6.96. The van der Waals surface area contributed by atoms with Gasteiger partial charge in [0.1, 0.15) is 11.0 Å². The molecule has 60 heavy (non-hydrogen) atoms. The van der Waals surface area contributed by atoms with Crippen LogP contribution in [-0.2, 0) is 51.9 Å². The fourth-order valence-electron chi connectivity index (χ4n) is 5.72. The highest BCUT2D eigenvalue weighted by Crippen LogP contribution is 2.30. The minimum Gasteiger partial charge on any atom is -0.478 e. The molecular weight excluding hydrogens is 820 g/mol. The molecule has 0 radical (unpaired) electrons. The van der Waals surface area contributed by atoms with Crippen LogP contribution in [0.15, 0.2) is 155 Å². The standard InChI is InChI=1S/C22H18F3NO4S.C22H18N2O4S/c23-22(24,25)18-9-13-20(14-10-18)31(29,30)26-19-11-5-16(6-12-19)2-1-15-3-7-17(8-4-15)21(27)28;23-15-19-3-1-2-4-21(19)29(27,28)24-20-13-9-17(10-14-20)6-5-16-7-11-18(12-8-16)22(25)26/h3-14,26H,1-2H2,(H,27,28);1-4,7-14,24H,5-6H2,(H,25,26). The van der Waals surface area contributed by atoms with E-state index in [2.05, 4.69) is 9.44 Å². The fourth-order valence-corrected chi connectivity index (χ4v) is 8.00. The molecule has 0 atom stereocenters. The van der Waals surface area contributed by atoms with Crippen LogP contribution < -0.4 is 9.44 Å². The predicted octanol–water partition coefficient (Wildman–Crippen LogP) is 8.83. The number of sulfonamides is 2. The molecule has 6 rings (SSSR count). The summed E-state index contributed by atoms with van der Waals surface area (Å²) in [6.07, 6.45) is -1.73. The van der Waals surface area contributed by atoms with Crippen LogP contribution in [0.5, 0.6) is 0 Å². The number of aromatic carboxylic acids is 2. The van der Waals surface area contributed by atoms with E-state index in [9.17, 15) is 39.6 Å². The average Bonchev–Trinajstić information content (AvgIpc) is 3.23. The van der Waals surface area contributed by atoms with E-state index >= 15 is 0 Å². The molecule has 6 aromatic carbocycles. The van der Waals surface area contributed by atoms with Gasteiger partial charge in [-0.3, -0.25) is 9.44 Å². The summed E-state index contributed by atoms with van der Waals surface area (Å²) in [7, 11) is -7.88. The van der Waals surface area contributed by atoms with Crippen LogP contribution in [0.4, 0.5) is 24.5 Å². The highest BCUT2D eigenvalue weighted by molar-refractivity contribution is 7.93. The van der Waals surface area contributed by atoms with Gasteiger partial charge in [0, 0.05) is 11.4 Å². The van der Waals surface area contributed by atoms with Crippen molar-refractivity contribution in [2.45, 2.75) is 41.7 Å². The Bertz CT molecular complexity index is 2700. The van der Waals surface area contributed by atoms with Gasteiger partial charge in [-0.15, -0.1) is 0 Å². The van der Waals surface area contributed by atoms with E-state index in [-0.39, 0.29) is 32.2 Å². The van der Waals surface area contributed by atoms with E-state index in [4.69, 9.17) is 15.5 Å². The molecule has 4 N–H and O–H groups in total. The Labute approximate surface area is 344 Å². The van der Waals surface area contributed by atoms with E-state index in [1.807, 2.05) is 18.2 Å². The molecule has 308 valence electrons. The minimum absolute atomic E-state index is 0.0589. The zero-order valence-corrected chi connectivity index (χ0v) is 33.1. The molecule has 0 aliphatic heterocycles. The Morgan fingerprint density at radius 2 is 0.900 bits per heavy atom. The molecule has 0 aromatic heterocycles. The first-order valence-corrected chi connectivity index (χ1v) is 20.9. The van der Waals surface area contributed by atoms with Crippen LogP contribution in [0.1, 0.15) is 54.1 Å². The lowest BCUT2D eigenvalue weighted by molar-refractivity contribution is -0.137. The van der Waals surface area contributed by atoms with Crippen molar-refractivity contribution in [3.63, 3.8) is 0 Å². The molecule has 0 saturated heterocycles. The van der Waals surface area contributed by atoms with Gasteiger partial charge in [-0.2, -0.15) is 18.4 Å². The first-order chi connectivity index (χ1) is 28.4. The van der Waals surface area contributed by atoms with Crippen LogP contribution in [0.2, 0.25) is 0 Å². The number of hydrogen-bond donors (Lipinski definition) is 4. The lowest BCUT2D eigenvalue weighted by Gasteiger charge is -2.11. The quantitative estimate of drug-likeness (QED) is 0.0829. The molecule has 0 unspecified atom stereocenters. The molecule has 0 fully saturated rings. The lowest BCUT2D eigenvalue weighted by Crippen LogP contribution is -2.14. The number of hydrogen-bond acceptors (Lipinski definition) is 7. The number of nitrogens with zero attached hydrogens (tertiary/aromatic N) is 1. The van der Waals surface area contributed by atoms with Crippen LogP contribution in [0.3, 0.4) is 0 Å². The van der Waals surface area contributed by atoms with Gasteiger partial charge >= 0.3 is 18.1 Å². The predicted molar refractivity (Wildman–Crippen MR) is 219 cm³/mol. The molecule has 6 aromatic rings. The summed E-state index contributed by atoms with van der Waals surface area (Å²) in [5.41, 5.74) is 4.29. The molecule has 0 amide bonds. The van der Waals surface area contributed by atoms with Gasteiger partial charge in [0.2, 0.25) is 0 Å². The summed E-state index contributed by atoms with van der Waals surface area (Å²) >= 11 is 0. The number of nitriles is 1. The van der Waals surface area contributed by atoms with Crippen LogP contribution in [-0.4, -0.2) is 39.0 Å². The normalized spacial score (nSPS) is 11.4. The summed E-state index contributed by atoms with van der Waals surface area (Å²) in [4.78, 5) is 21.4. The van der Waals surface area contributed by atoms with Gasteiger partial charge < -0.3 is 10.2 Å². The number of benzene rings is 6. The largest absolute Gasteiger partial charge is 0.478 e. The van der Waals surface area contributed by atoms with Crippen molar-refractivity contribution < 1.29 is 49.8 Å². The maximum atomic E-state index is 12.6. The number of halogens is 3. The molecular formula is C44H36F3N3O8S2. The highest BCUT2D eigenvalue weighted by Gasteiger charge is 2.30. The molecule has 0 saturated carbocycles. The van der Waals surface area contributed by atoms with Crippen molar-refractivity contribution in [2.24, 2.45) is 0 Å². The van der Waals surface area contributed by atoms with Crippen LogP contribution in [0, 0.1) is 11.3 Å². The van der Waals surface area contributed by atoms with Crippen molar-refractivity contribution in [2.75, 3.05) is 9.44 Å². The zero-order chi connectivity index (χ0) is 43.5. The van der Waals surface area contributed by atoms with Crippen molar-refractivity contribution in [1.29, 1.82) is 5.26 Å². The summed E-state index contributed by atoms with van der Waals surface area (Å²) < 4.78 is 92.6. The highest BCUT2D eigenvalue weighted by atomic mass is 32.2. The second-order valence-corrected chi connectivity index (χ2v) is 16.6. The molecule has 0 aliphatic rings. The summed E-state index contributed by atoms with van der Waals surface area (Å²) in [5.74, 6) is -1.94. The third-order valence-corrected chi connectivity index (χ3v) is 11.8. The number of anilines is 2. The monoisotopic (exact) mass is 855 g/mol. The maximum absolute atomic E-state index is 12.6. The first-order valence-electron chi connectivity index (χ1n) is 18.0. The summed E-state index contributed by atoms with van der Waals surface area (Å²) in [5, 5.41) is 26.9. The molecule has 0 heterocycles. The van der Waals surface area contributed by atoms with Gasteiger partial charge in [0.05, 0.1) is 27.1 Å². The molecule has 0 spiro atoms. The number of carboxylic acid groups (broad SMARTS) is 2. The SMILES string of the molecule is N#Cc1ccccc1S(=O)(=O)Nc1ccc(CCc2ccc(C(=O)O)cc2)cc1.O=C(O)c1ccc(CCc2ccc(NS(=O)(=O)c3ccc(C(F)(F)F)cc3)cc2)cc1. The third-order valence-electron chi connectivity index (χ3n) is 9.01. The Morgan fingerprint density at radius 1 is 0.533 bits per heavy atom. The van der Waals surface area contributed by atoms with Crippen molar-refractivity contribution in [3.8, 4) is 6.07 Å². The number of aryl methyl sites for hydroxylation is 4. The molecule has 11 nitrogen and oxygen atoms in total. The second kappa shape index (κ2) is 19.2. The summed E-state index contributed by atoms with van der Waals surface area (Å²) in [6, 6.07) is 38.2. The average molecular weight is 856 g/mol. The number of nitrogens with one attached hydrogen (secondary N) is 2. The molecule has 0 bridgehead atoms. The number of carbonyl (C=O) groups is 2. The van der Waals surface area contributed by atoms with E-state index in [0.717, 1.165) is 59.4 Å². The van der Waals surface area contributed by atoms with Gasteiger partial charge in [-0.05, 0) is 133 Å². The van der Waals surface area contributed by atoms with E-state index in [1.54, 1.807) is 84.9 Å². The zero-order valence-electron chi connectivity index (χ0n) is 31.4. The topological polar surface area (TPSA) is 191 Å². The Balaban J connectivity index is 0.000000228. The van der Waals surface area contributed by atoms with Gasteiger partial charge in [-0.25, -0.2) is 26.4 Å². The minimum atomic E-state index is -4.54.